The predicted octanol–water partition coefficient (Wildman–Crippen LogP) is 0.968. The van der Waals surface area contributed by atoms with E-state index < -0.39 is 0 Å². The second-order valence-corrected chi connectivity index (χ2v) is 4.88. The van der Waals surface area contributed by atoms with Gasteiger partial charge in [-0.05, 0) is 25.9 Å². The molecule has 1 saturated heterocycles. The Labute approximate surface area is 106 Å². The zero-order valence-electron chi connectivity index (χ0n) is 11.7. The molecular weight excluding hydrogens is 216 g/mol. The Balaban J connectivity index is 2.47. The van der Waals surface area contributed by atoms with Gasteiger partial charge in [-0.2, -0.15) is 0 Å². The van der Waals surface area contributed by atoms with Gasteiger partial charge in [-0.1, -0.05) is 13.8 Å². The highest BCUT2D eigenvalue weighted by molar-refractivity contribution is 4.85. The number of methoxy groups -OCH3 is 1. The molecule has 102 valence electrons. The van der Waals surface area contributed by atoms with Crippen LogP contribution in [0, 0.1) is 5.92 Å². The second-order valence-electron chi connectivity index (χ2n) is 4.88. The van der Waals surface area contributed by atoms with Crippen LogP contribution in [-0.4, -0.2) is 64.1 Å². The van der Waals surface area contributed by atoms with Crippen LogP contribution < -0.4 is 5.32 Å². The molecule has 0 bridgehead atoms. The van der Waals surface area contributed by atoms with E-state index in [0.717, 1.165) is 39.3 Å². The molecule has 0 amide bonds. The molecule has 4 nitrogen and oxygen atoms in total. The van der Waals surface area contributed by atoms with Crippen LogP contribution in [0.25, 0.3) is 0 Å². The molecule has 1 aliphatic rings. The number of nitrogens with one attached hydrogen (secondary N) is 1. The van der Waals surface area contributed by atoms with Crippen molar-refractivity contribution in [2.45, 2.75) is 32.4 Å². The molecule has 0 aromatic heterocycles. The van der Waals surface area contributed by atoms with Gasteiger partial charge in [0.25, 0.3) is 0 Å². The van der Waals surface area contributed by atoms with Crippen molar-refractivity contribution < 1.29 is 9.47 Å². The number of hydrogen-bond donors (Lipinski definition) is 1. The summed E-state index contributed by atoms with van der Waals surface area (Å²) in [5, 5.41) is 3.42. The van der Waals surface area contributed by atoms with Gasteiger partial charge in [-0.25, -0.2) is 0 Å². The van der Waals surface area contributed by atoms with E-state index in [1.165, 1.54) is 0 Å². The average Bonchev–Trinajstić information content (AvgIpc) is 2.37. The first-order chi connectivity index (χ1) is 8.22. The van der Waals surface area contributed by atoms with Gasteiger partial charge in [0.1, 0.15) is 0 Å². The third-order valence-corrected chi connectivity index (χ3v) is 3.75. The lowest BCUT2D eigenvalue weighted by Crippen LogP contribution is -2.53. The maximum atomic E-state index is 5.92. The Morgan fingerprint density at radius 3 is 2.88 bits per heavy atom. The first-order valence-corrected chi connectivity index (χ1v) is 6.73. The van der Waals surface area contributed by atoms with Gasteiger partial charge >= 0.3 is 0 Å². The van der Waals surface area contributed by atoms with Crippen molar-refractivity contribution in [2.24, 2.45) is 5.92 Å². The fourth-order valence-corrected chi connectivity index (χ4v) is 2.56. The first kappa shape index (κ1) is 14.9. The highest BCUT2D eigenvalue weighted by atomic mass is 16.5. The van der Waals surface area contributed by atoms with Gasteiger partial charge in [0, 0.05) is 32.8 Å². The molecule has 0 radical (unpaired) electrons. The molecule has 1 heterocycles. The van der Waals surface area contributed by atoms with Crippen molar-refractivity contribution >= 4 is 0 Å². The van der Waals surface area contributed by atoms with E-state index in [-0.39, 0.29) is 0 Å². The van der Waals surface area contributed by atoms with Crippen molar-refractivity contribution in [1.82, 2.24) is 10.2 Å². The van der Waals surface area contributed by atoms with Gasteiger partial charge in [0.2, 0.25) is 0 Å². The molecule has 0 saturated carbocycles. The zero-order chi connectivity index (χ0) is 12.7. The monoisotopic (exact) mass is 244 g/mol. The summed E-state index contributed by atoms with van der Waals surface area (Å²) in [6.07, 6.45) is 1.38. The quantitative estimate of drug-likeness (QED) is 0.723. The van der Waals surface area contributed by atoms with E-state index in [4.69, 9.17) is 9.47 Å². The summed E-state index contributed by atoms with van der Waals surface area (Å²) in [5.74, 6) is 0.571. The van der Waals surface area contributed by atoms with Crippen molar-refractivity contribution in [2.75, 3.05) is 47.0 Å². The van der Waals surface area contributed by atoms with Crippen LogP contribution in [0.3, 0.4) is 0 Å². The van der Waals surface area contributed by atoms with E-state index in [1.807, 2.05) is 7.05 Å². The molecule has 0 aliphatic carbocycles. The minimum atomic E-state index is 0.306. The zero-order valence-corrected chi connectivity index (χ0v) is 11.7. The Bertz CT molecular complexity index is 202. The van der Waals surface area contributed by atoms with E-state index in [1.54, 1.807) is 7.11 Å². The molecule has 0 spiro atoms. The van der Waals surface area contributed by atoms with Gasteiger partial charge in [-0.3, -0.25) is 4.90 Å². The lowest BCUT2D eigenvalue weighted by molar-refractivity contribution is -0.0542. The highest BCUT2D eigenvalue weighted by Gasteiger charge is 2.29. The number of nitrogens with zero attached hydrogens (tertiary/aromatic N) is 1. The van der Waals surface area contributed by atoms with Crippen LogP contribution in [0.2, 0.25) is 0 Å². The second kappa shape index (κ2) is 8.03. The SMILES string of the molecule is CCN1CCOC(C(NC)C(C)CCOC)C1. The van der Waals surface area contributed by atoms with Crippen LogP contribution in [0.1, 0.15) is 20.3 Å². The summed E-state index contributed by atoms with van der Waals surface area (Å²) in [5.41, 5.74) is 0. The number of morpholine rings is 1. The van der Waals surface area contributed by atoms with Crippen LogP contribution >= 0.6 is 0 Å². The van der Waals surface area contributed by atoms with Gasteiger partial charge < -0.3 is 14.8 Å². The Hall–Kier alpha value is -0.160. The van der Waals surface area contributed by atoms with Crippen LogP contribution in [0.15, 0.2) is 0 Å². The number of rotatable bonds is 7. The lowest BCUT2D eigenvalue weighted by Gasteiger charge is -2.38. The van der Waals surface area contributed by atoms with Crippen LogP contribution in [-0.2, 0) is 9.47 Å². The fraction of sp³-hybridized carbons (Fsp3) is 1.00. The Morgan fingerprint density at radius 1 is 1.53 bits per heavy atom. The first-order valence-electron chi connectivity index (χ1n) is 6.73. The van der Waals surface area contributed by atoms with Crippen molar-refractivity contribution in [1.29, 1.82) is 0 Å². The topological polar surface area (TPSA) is 33.7 Å². The molecule has 1 N–H and O–H groups in total. The summed E-state index contributed by atoms with van der Waals surface area (Å²) in [6.45, 7) is 9.38. The van der Waals surface area contributed by atoms with Gasteiger partial charge in [0.05, 0.1) is 12.7 Å². The molecule has 0 aromatic rings. The molecule has 1 rings (SSSR count). The standard InChI is InChI=1S/C13H28N2O2/c1-5-15-7-9-17-12(10-15)13(14-3)11(2)6-8-16-4/h11-14H,5-10H2,1-4H3. The van der Waals surface area contributed by atoms with E-state index in [9.17, 15) is 0 Å². The highest BCUT2D eigenvalue weighted by Crippen LogP contribution is 2.17. The summed E-state index contributed by atoms with van der Waals surface area (Å²) < 4.78 is 11.1. The normalized spacial score (nSPS) is 25.8. The minimum Gasteiger partial charge on any atom is -0.385 e. The third-order valence-electron chi connectivity index (χ3n) is 3.75. The van der Waals surface area contributed by atoms with E-state index in [0.29, 0.717) is 18.1 Å². The predicted molar refractivity (Wildman–Crippen MR) is 70.4 cm³/mol. The van der Waals surface area contributed by atoms with E-state index in [2.05, 4.69) is 24.1 Å². The lowest BCUT2D eigenvalue weighted by atomic mass is 9.93. The van der Waals surface area contributed by atoms with Crippen LogP contribution in [0.4, 0.5) is 0 Å². The molecular formula is C13H28N2O2. The number of hydrogen-bond acceptors (Lipinski definition) is 4. The minimum absolute atomic E-state index is 0.306. The van der Waals surface area contributed by atoms with Crippen molar-refractivity contribution in [3.63, 3.8) is 0 Å². The molecule has 3 atom stereocenters. The van der Waals surface area contributed by atoms with Crippen LogP contribution in [0.5, 0.6) is 0 Å². The maximum absolute atomic E-state index is 5.92. The third kappa shape index (κ3) is 4.54. The fourth-order valence-electron chi connectivity index (χ4n) is 2.56. The summed E-state index contributed by atoms with van der Waals surface area (Å²) in [4.78, 5) is 2.46. The van der Waals surface area contributed by atoms with Gasteiger partial charge in [0.15, 0.2) is 0 Å². The molecule has 4 heteroatoms. The van der Waals surface area contributed by atoms with Crippen molar-refractivity contribution in [3.8, 4) is 0 Å². The Morgan fingerprint density at radius 2 is 2.29 bits per heavy atom. The van der Waals surface area contributed by atoms with E-state index >= 15 is 0 Å². The molecule has 3 unspecified atom stereocenters. The molecule has 1 fully saturated rings. The molecule has 17 heavy (non-hydrogen) atoms. The molecule has 1 aliphatic heterocycles. The largest absolute Gasteiger partial charge is 0.385 e. The molecule has 0 aromatic carbocycles. The number of ether oxygens (including phenoxy) is 2. The smallest absolute Gasteiger partial charge is 0.0857 e. The average molecular weight is 244 g/mol. The maximum Gasteiger partial charge on any atom is 0.0857 e. The summed E-state index contributed by atoms with van der Waals surface area (Å²) in [7, 11) is 3.79. The Kier molecular flexibility index (Phi) is 7.04. The number of likely N-dealkylation sites (N-methyl/N-ethyl adjacent to an activating group) is 2. The summed E-state index contributed by atoms with van der Waals surface area (Å²) in [6, 6.07) is 0.416. The van der Waals surface area contributed by atoms with Crippen molar-refractivity contribution in [3.05, 3.63) is 0 Å². The summed E-state index contributed by atoms with van der Waals surface area (Å²) >= 11 is 0. The van der Waals surface area contributed by atoms with Gasteiger partial charge in [-0.15, -0.1) is 0 Å².